The average Bonchev–Trinajstić information content (AvgIpc) is 3.18. The molecule has 6 nitrogen and oxygen atoms in total. The SMILES string of the molecule is C=C(CCNC(=O)COc1ccc(Cl)cn1)N1CCC(Oc2ccc(Cl)cc2)C1. The third-order valence-corrected chi connectivity index (χ3v) is 4.97. The number of ether oxygens (including phenoxy) is 2. The normalized spacial score (nSPS) is 15.8. The topological polar surface area (TPSA) is 63.7 Å². The van der Waals surface area contributed by atoms with Crippen LogP contribution in [-0.4, -0.2) is 48.1 Å². The molecular weight excluding hydrogens is 413 g/mol. The lowest BCUT2D eigenvalue weighted by Crippen LogP contribution is -2.31. The molecule has 8 heteroatoms. The Morgan fingerprint density at radius 1 is 1.21 bits per heavy atom. The van der Waals surface area contributed by atoms with Gasteiger partial charge in [0.05, 0.1) is 11.6 Å². The molecule has 29 heavy (non-hydrogen) atoms. The number of carbonyl (C=O) groups is 1. The minimum Gasteiger partial charge on any atom is -0.489 e. The molecule has 2 heterocycles. The fourth-order valence-electron chi connectivity index (χ4n) is 2.96. The molecule has 3 rings (SSSR count). The third kappa shape index (κ3) is 6.84. The summed E-state index contributed by atoms with van der Waals surface area (Å²) in [5.41, 5.74) is 0.979. The largest absolute Gasteiger partial charge is 0.489 e. The molecular formula is C21H23Cl2N3O3. The van der Waals surface area contributed by atoms with Crippen molar-refractivity contribution in [2.75, 3.05) is 26.2 Å². The number of nitrogens with one attached hydrogen (secondary N) is 1. The van der Waals surface area contributed by atoms with Crippen molar-refractivity contribution in [3.63, 3.8) is 0 Å². The van der Waals surface area contributed by atoms with E-state index < -0.39 is 0 Å². The van der Waals surface area contributed by atoms with Crippen molar-refractivity contribution in [3.8, 4) is 11.6 Å². The van der Waals surface area contributed by atoms with E-state index in [0.29, 0.717) is 28.9 Å². The Kier molecular flexibility index (Phi) is 7.61. The first-order chi connectivity index (χ1) is 14.0. The quantitative estimate of drug-likeness (QED) is 0.645. The van der Waals surface area contributed by atoms with E-state index >= 15 is 0 Å². The van der Waals surface area contributed by atoms with Crippen LogP contribution < -0.4 is 14.8 Å². The summed E-state index contributed by atoms with van der Waals surface area (Å²) in [6, 6.07) is 10.7. The molecule has 1 fully saturated rings. The summed E-state index contributed by atoms with van der Waals surface area (Å²) >= 11 is 11.7. The van der Waals surface area contributed by atoms with Crippen LogP contribution in [0.1, 0.15) is 12.8 Å². The number of likely N-dealkylation sites (tertiary alicyclic amines) is 1. The van der Waals surface area contributed by atoms with Gasteiger partial charge < -0.3 is 19.7 Å². The highest BCUT2D eigenvalue weighted by atomic mass is 35.5. The standard InChI is InChI=1S/C21H23Cl2N3O3/c1-15(8-10-24-20(27)14-28-21-7-4-17(23)12-25-21)26-11-9-19(13-26)29-18-5-2-16(22)3-6-18/h2-7,12,19H,1,8-11,13-14H2,(H,24,27). The predicted molar refractivity (Wildman–Crippen MR) is 114 cm³/mol. The van der Waals surface area contributed by atoms with Gasteiger partial charge in [-0.25, -0.2) is 4.98 Å². The molecule has 0 spiro atoms. The van der Waals surface area contributed by atoms with E-state index in [4.69, 9.17) is 32.7 Å². The molecule has 2 aromatic rings. The van der Waals surface area contributed by atoms with E-state index in [0.717, 1.165) is 31.0 Å². The molecule has 1 N–H and O–H groups in total. The number of hydrogen-bond acceptors (Lipinski definition) is 5. The molecule has 0 bridgehead atoms. The molecule has 1 aliphatic heterocycles. The summed E-state index contributed by atoms with van der Waals surface area (Å²) in [5.74, 6) is 0.965. The van der Waals surface area contributed by atoms with Crippen molar-refractivity contribution < 1.29 is 14.3 Å². The molecule has 0 aliphatic carbocycles. The number of pyridine rings is 1. The van der Waals surface area contributed by atoms with Crippen LogP contribution >= 0.6 is 23.2 Å². The second-order valence-corrected chi connectivity index (χ2v) is 7.57. The van der Waals surface area contributed by atoms with Crippen molar-refractivity contribution in [3.05, 3.63) is 64.9 Å². The van der Waals surface area contributed by atoms with Crippen molar-refractivity contribution >= 4 is 29.1 Å². The van der Waals surface area contributed by atoms with Crippen LogP contribution in [0.5, 0.6) is 11.6 Å². The van der Waals surface area contributed by atoms with E-state index in [-0.39, 0.29) is 18.6 Å². The van der Waals surface area contributed by atoms with Crippen LogP contribution in [0.4, 0.5) is 0 Å². The van der Waals surface area contributed by atoms with E-state index in [2.05, 4.69) is 21.8 Å². The maximum absolute atomic E-state index is 11.9. The Morgan fingerprint density at radius 2 is 1.97 bits per heavy atom. The van der Waals surface area contributed by atoms with Crippen LogP contribution in [0.25, 0.3) is 0 Å². The number of amides is 1. The molecule has 1 atom stereocenters. The van der Waals surface area contributed by atoms with Gasteiger partial charge in [-0.15, -0.1) is 0 Å². The van der Waals surface area contributed by atoms with E-state index in [1.165, 1.54) is 6.20 Å². The summed E-state index contributed by atoms with van der Waals surface area (Å²) in [6.45, 7) is 6.20. The summed E-state index contributed by atoms with van der Waals surface area (Å²) in [5, 5.41) is 4.03. The lowest BCUT2D eigenvalue weighted by atomic mass is 10.3. The molecule has 0 saturated carbocycles. The van der Waals surface area contributed by atoms with Crippen molar-refractivity contribution in [1.82, 2.24) is 15.2 Å². The molecule has 1 aromatic carbocycles. The lowest BCUT2D eigenvalue weighted by Gasteiger charge is -2.21. The monoisotopic (exact) mass is 435 g/mol. The maximum atomic E-state index is 11.9. The van der Waals surface area contributed by atoms with Crippen LogP contribution in [0.15, 0.2) is 54.9 Å². The molecule has 1 aromatic heterocycles. The van der Waals surface area contributed by atoms with E-state index in [9.17, 15) is 4.79 Å². The Balaban J connectivity index is 1.32. The second-order valence-electron chi connectivity index (χ2n) is 6.70. The molecule has 1 aliphatic rings. The first kappa shape index (κ1) is 21.3. The van der Waals surface area contributed by atoms with Gasteiger partial charge in [-0.3, -0.25) is 4.79 Å². The first-order valence-electron chi connectivity index (χ1n) is 9.35. The van der Waals surface area contributed by atoms with E-state index in [1.54, 1.807) is 12.1 Å². The van der Waals surface area contributed by atoms with Crippen molar-refractivity contribution in [2.45, 2.75) is 18.9 Å². The second kappa shape index (κ2) is 10.4. The minimum atomic E-state index is -0.208. The number of carbonyl (C=O) groups excluding carboxylic acids is 1. The Bertz CT molecular complexity index is 828. The summed E-state index contributed by atoms with van der Waals surface area (Å²) in [6.07, 6.45) is 3.18. The number of rotatable bonds is 9. The van der Waals surface area contributed by atoms with Crippen molar-refractivity contribution in [1.29, 1.82) is 0 Å². The van der Waals surface area contributed by atoms with Gasteiger partial charge in [-0.1, -0.05) is 29.8 Å². The van der Waals surface area contributed by atoms with Crippen molar-refractivity contribution in [2.24, 2.45) is 0 Å². The Hall–Kier alpha value is -2.44. The fraction of sp³-hybridized carbons (Fsp3) is 0.333. The maximum Gasteiger partial charge on any atom is 0.258 e. The highest BCUT2D eigenvalue weighted by molar-refractivity contribution is 6.30. The third-order valence-electron chi connectivity index (χ3n) is 4.50. The molecule has 1 unspecified atom stereocenters. The average molecular weight is 436 g/mol. The van der Waals surface area contributed by atoms with Gasteiger partial charge in [0.15, 0.2) is 6.61 Å². The number of halogens is 2. The smallest absolute Gasteiger partial charge is 0.258 e. The Morgan fingerprint density at radius 3 is 2.69 bits per heavy atom. The minimum absolute atomic E-state index is 0.0954. The van der Waals surface area contributed by atoms with Crippen LogP contribution in [0.2, 0.25) is 10.0 Å². The fourth-order valence-corrected chi connectivity index (χ4v) is 3.20. The zero-order valence-electron chi connectivity index (χ0n) is 15.9. The van der Waals surface area contributed by atoms with Gasteiger partial charge in [0, 0.05) is 48.9 Å². The van der Waals surface area contributed by atoms with Crippen LogP contribution in [-0.2, 0) is 4.79 Å². The zero-order valence-corrected chi connectivity index (χ0v) is 17.5. The molecule has 1 amide bonds. The summed E-state index contributed by atoms with van der Waals surface area (Å²) in [4.78, 5) is 18.1. The Labute approximate surface area is 180 Å². The zero-order chi connectivity index (χ0) is 20.6. The van der Waals surface area contributed by atoms with Crippen LogP contribution in [0.3, 0.4) is 0 Å². The molecule has 154 valence electrons. The summed E-state index contributed by atoms with van der Waals surface area (Å²) in [7, 11) is 0. The van der Waals surface area contributed by atoms with Gasteiger partial charge in [-0.2, -0.15) is 0 Å². The lowest BCUT2D eigenvalue weighted by molar-refractivity contribution is -0.123. The summed E-state index contributed by atoms with van der Waals surface area (Å²) < 4.78 is 11.3. The van der Waals surface area contributed by atoms with Gasteiger partial charge in [0.2, 0.25) is 5.88 Å². The van der Waals surface area contributed by atoms with Gasteiger partial charge in [0.25, 0.3) is 5.91 Å². The highest BCUT2D eigenvalue weighted by Crippen LogP contribution is 2.23. The molecule has 0 radical (unpaired) electrons. The molecule has 1 saturated heterocycles. The first-order valence-corrected chi connectivity index (χ1v) is 10.1. The number of benzene rings is 1. The predicted octanol–water partition coefficient (Wildman–Crippen LogP) is 3.94. The van der Waals surface area contributed by atoms with E-state index in [1.807, 2.05) is 24.3 Å². The van der Waals surface area contributed by atoms with Gasteiger partial charge in [-0.05, 0) is 30.3 Å². The van der Waals surface area contributed by atoms with Gasteiger partial charge >= 0.3 is 0 Å². The van der Waals surface area contributed by atoms with Gasteiger partial charge in [0.1, 0.15) is 11.9 Å². The van der Waals surface area contributed by atoms with Crippen LogP contribution in [0, 0.1) is 0 Å². The number of nitrogens with zero attached hydrogens (tertiary/aromatic N) is 2. The highest BCUT2D eigenvalue weighted by Gasteiger charge is 2.24. The number of aromatic nitrogens is 1. The number of hydrogen-bond donors (Lipinski definition) is 1.